The lowest BCUT2D eigenvalue weighted by atomic mass is 10.0. The van der Waals surface area contributed by atoms with Crippen LogP contribution in [0.1, 0.15) is 16.7 Å². The van der Waals surface area contributed by atoms with Gasteiger partial charge in [-0.05, 0) is 23.8 Å². The third kappa shape index (κ3) is 3.34. The standard InChI is InChI=1S/C11H7F3N2O/c12-11(13,14)9-3-1-7(2-4-10(16)17)5-8(9)6-15/h1-5H,(H2,16,17). The maximum absolute atomic E-state index is 12.4. The van der Waals surface area contributed by atoms with Gasteiger partial charge < -0.3 is 5.73 Å². The molecule has 0 radical (unpaired) electrons. The Morgan fingerprint density at radius 2 is 2.06 bits per heavy atom. The molecule has 2 N–H and O–H groups in total. The molecule has 0 heterocycles. The minimum Gasteiger partial charge on any atom is -0.366 e. The monoisotopic (exact) mass is 240 g/mol. The third-order valence-corrected chi connectivity index (χ3v) is 1.91. The van der Waals surface area contributed by atoms with Crippen LogP contribution in [0, 0.1) is 11.3 Å². The van der Waals surface area contributed by atoms with E-state index in [1.165, 1.54) is 12.1 Å². The molecule has 3 nitrogen and oxygen atoms in total. The van der Waals surface area contributed by atoms with Gasteiger partial charge in [0.2, 0.25) is 5.91 Å². The molecule has 1 aromatic rings. The summed E-state index contributed by atoms with van der Waals surface area (Å²) in [5.74, 6) is -0.719. The molecule has 17 heavy (non-hydrogen) atoms. The van der Waals surface area contributed by atoms with Gasteiger partial charge in [0.1, 0.15) is 0 Å². The number of carbonyl (C=O) groups excluding carboxylic acids is 1. The minimum atomic E-state index is -4.57. The molecule has 1 aromatic carbocycles. The lowest BCUT2D eigenvalue weighted by Gasteiger charge is -2.08. The molecule has 1 rings (SSSR count). The first-order valence-electron chi connectivity index (χ1n) is 4.43. The first-order chi connectivity index (χ1) is 7.84. The smallest absolute Gasteiger partial charge is 0.366 e. The van der Waals surface area contributed by atoms with Gasteiger partial charge in [0.05, 0.1) is 17.2 Å². The summed E-state index contributed by atoms with van der Waals surface area (Å²) in [6.07, 6.45) is -2.33. The molecule has 0 atom stereocenters. The van der Waals surface area contributed by atoms with E-state index in [1.807, 2.05) is 0 Å². The lowest BCUT2D eigenvalue weighted by Crippen LogP contribution is -2.08. The van der Waals surface area contributed by atoms with E-state index in [4.69, 9.17) is 11.0 Å². The number of rotatable bonds is 2. The number of nitrogens with zero attached hydrogens (tertiary/aromatic N) is 1. The SMILES string of the molecule is N#Cc1cc(C=CC(N)=O)ccc1C(F)(F)F. The fourth-order valence-corrected chi connectivity index (χ4v) is 1.18. The fraction of sp³-hybridized carbons (Fsp3) is 0.0909. The highest BCUT2D eigenvalue weighted by Gasteiger charge is 2.33. The Labute approximate surface area is 95.0 Å². The Bertz CT molecular complexity index is 512. The molecule has 0 aliphatic heterocycles. The van der Waals surface area contributed by atoms with Crippen molar-refractivity contribution in [3.8, 4) is 6.07 Å². The number of carbonyl (C=O) groups is 1. The second kappa shape index (κ2) is 4.70. The van der Waals surface area contributed by atoms with Crippen molar-refractivity contribution in [3.63, 3.8) is 0 Å². The molecule has 0 saturated heterocycles. The van der Waals surface area contributed by atoms with E-state index in [1.54, 1.807) is 0 Å². The number of hydrogen-bond donors (Lipinski definition) is 1. The van der Waals surface area contributed by atoms with E-state index in [0.29, 0.717) is 5.56 Å². The molecule has 0 saturated carbocycles. The molecule has 0 unspecified atom stereocenters. The number of hydrogen-bond acceptors (Lipinski definition) is 2. The van der Waals surface area contributed by atoms with Crippen molar-refractivity contribution in [2.75, 3.05) is 0 Å². The van der Waals surface area contributed by atoms with Crippen molar-refractivity contribution in [2.45, 2.75) is 6.18 Å². The summed E-state index contributed by atoms with van der Waals surface area (Å²) < 4.78 is 37.3. The number of benzene rings is 1. The van der Waals surface area contributed by atoms with Crippen molar-refractivity contribution in [3.05, 3.63) is 41.0 Å². The minimum absolute atomic E-state index is 0.299. The second-order valence-electron chi connectivity index (χ2n) is 3.15. The highest BCUT2D eigenvalue weighted by atomic mass is 19.4. The molecule has 0 bridgehead atoms. The Morgan fingerprint density at radius 3 is 2.53 bits per heavy atom. The van der Waals surface area contributed by atoms with E-state index in [2.05, 4.69) is 0 Å². The van der Waals surface area contributed by atoms with Gasteiger partial charge in [0, 0.05) is 6.08 Å². The van der Waals surface area contributed by atoms with Gasteiger partial charge in [0.25, 0.3) is 0 Å². The molecule has 6 heteroatoms. The molecule has 0 fully saturated rings. The van der Waals surface area contributed by atoms with Crippen molar-refractivity contribution >= 4 is 12.0 Å². The highest BCUT2D eigenvalue weighted by Crippen LogP contribution is 2.32. The zero-order valence-corrected chi connectivity index (χ0v) is 8.45. The molecule has 0 aliphatic rings. The third-order valence-electron chi connectivity index (χ3n) is 1.91. The van der Waals surface area contributed by atoms with Crippen LogP contribution in [0.25, 0.3) is 6.08 Å². The van der Waals surface area contributed by atoms with E-state index in [9.17, 15) is 18.0 Å². The number of nitrogens with two attached hydrogens (primary N) is 1. The summed E-state index contributed by atoms with van der Waals surface area (Å²) in [6.45, 7) is 0. The average molecular weight is 240 g/mol. The Kier molecular flexibility index (Phi) is 3.53. The average Bonchev–Trinajstić information content (AvgIpc) is 2.24. The maximum Gasteiger partial charge on any atom is 0.417 e. The fourth-order valence-electron chi connectivity index (χ4n) is 1.18. The lowest BCUT2D eigenvalue weighted by molar-refractivity contribution is -0.137. The van der Waals surface area contributed by atoms with Crippen LogP contribution in [0.15, 0.2) is 24.3 Å². The van der Waals surface area contributed by atoms with Crippen LogP contribution in [-0.2, 0) is 11.0 Å². The van der Waals surface area contributed by atoms with E-state index >= 15 is 0 Å². The van der Waals surface area contributed by atoms with Gasteiger partial charge in [-0.25, -0.2) is 0 Å². The molecule has 0 aliphatic carbocycles. The Hall–Kier alpha value is -2.29. The van der Waals surface area contributed by atoms with Gasteiger partial charge in [-0.15, -0.1) is 0 Å². The summed E-state index contributed by atoms with van der Waals surface area (Å²) in [5, 5.41) is 8.62. The topological polar surface area (TPSA) is 66.9 Å². The van der Waals surface area contributed by atoms with Crippen LogP contribution in [-0.4, -0.2) is 5.91 Å². The van der Waals surface area contributed by atoms with Crippen LogP contribution < -0.4 is 5.73 Å². The molecule has 0 spiro atoms. The zero-order valence-electron chi connectivity index (χ0n) is 8.45. The van der Waals surface area contributed by atoms with Crippen LogP contribution in [0.3, 0.4) is 0 Å². The number of halogens is 3. The van der Waals surface area contributed by atoms with Crippen LogP contribution >= 0.6 is 0 Å². The maximum atomic E-state index is 12.4. The molecular formula is C11H7F3N2O. The number of amides is 1. The zero-order chi connectivity index (χ0) is 13.1. The van der Waals surface area contributed by atoms with E-state index in [0.717, 1.165) is 24.3 Å². The van der Waals surface area contributed by atoms with Gasteiger partial charge in [-0.1, -0.05) is 6.07 Å². The largest absolute Gasteiger partial charge is 0.417 e. The first-order valence-corrected chi connectivity index (χ1v) is 4.43. The molecule has 1 amide bonds. The van der Waals surface area contributed by atoms with Gasteiger partial charge in [-0.3, -0.25) is 4.79 Å². The normalized spacial score (nSPS) is 11.4. The predicted molar refractivity (Wildman–Crippen MR) is 54.4 cm³/mol. The summed E-state index contributed by atoms with van der Waals surface area (Å²) >= 11 is 0. The van der Waals surface area contributed by atoms with Crippen LogP contribution in [0.5, 0.6) is 0 Å². The van der Waals surface area contributed by atoms with Gasteiger partial charge in [-0.2, -0.15) is 18.4 Å². The second-order valence-corrected chi connectivity index (χ2v) is 3.15. The molecular weight excluding hydrogens is 233 g/mol. The van der Waals surface area contributed by atoms with Gasteiger partial charge >= 0.3 is 6.18 Å². The Morgan fingerprint density at radius 1 is 1.41 bits per heavy atom. The first kappa shape index (κ1) is 12.8. The number of primary amides is 1. The quantitative estimate of drug-likeness (QED) is 0.804. The van der Waals surface area contributed by atoms with E-state index < -0.39 is 23.2 Å². The Balaban J connectivity index is 3.19. The van der Waals surface area contributed by atoms with Crippen molar-refractivity contribution in [1.29, 1.82) is 5.26 Å². The van der Waals surface area contributed by atoms with Crippen molar-refractivity contribution in [2.24, 2.45) is 5.73 Å². The summed E-state index contributed by atoms with van der Waals surface area (Å²) in [4.78, 5) is 10.4. The highest BCUT2D eigenvalue weighted by molar-refractivity contribution is 5.90. The summed E-state index contributed by atoms with van der Waals surface area (Å²) in [6, 6.07) is 4.45. The van der Waals surface area contributed by atoms with Crippen LogP contribution in [0.4, 0.5) is 13.2 Å². The number of alkyl halides is 3. The molecule has 88 valence electrons. The summed E-state index contributed by atoms with van der Waals surface area (Å²) in [5.41, 5.74) is 3.64. The van der Waals surface area contributed by atoms with E-state index in [-0.39, 0.29) is 0 Å². The number of nitriles is 1. The summed E-state index contributed by atoms with van der Waals surface area (Å²) in [7, 11) is 0. The van der Waals surface area contributed by atoms with Crippen LogP contribution in [0.2, 0.25) is 0 Å². The van der Waals surface area contributed by atoms with Crippen molar-refractivity contribution < 1.29 is 18.0 Å². The van der Waals surface area contributed by atoms with Crippen molar-refractivity contribution in [1.82, 2.24) is 0 Å². The van der Waals surface area contributed by atoms with Gasteiger partial charge in [0.15, 0.2) is 0 Å². The predicted octanol–water partition coefficient (Wildman–Crippen LogP) is 2.08. The molecule has 0 aromatic heterocycles.